The molecule has 3 nitrogen and oxygen atoms in total. The van der Waals surface area contributed by atoms with E-state index in [9.17, 15) is 4.79 Å². The zero-order valence-electron chi connectivity index (χ0n) is 7.43. The number of carbonyl (C=O) groups excluding carboxylic acids is 1. The lowest BCUT2D eigenvalue weighted by Gasteiger charge is -2.36. The molecule has 2 rings (SSSR count). The van der Waals surface area contributed by atoms with Gasteiger partial charge >= 0.3 is 5.97 Å². The lowest BCUT2D eigenvalue weighted by Crippen LogP contribution is -2.50. The Morgan fingerprint density at radius 2 is 2.42 bits per heavy atom. The van der Waals surface area contributed by atoms with Crippen molar-refractivity contribution in [1.29, 1.82) is 0 Å². The van der Waals surface area contributed by atoms with Gasteiger partial charge in [-0.2, -0.15) is 0 Å². The predicted octanol–water partition coefficient (Wildman–Crippen LogP) is 0.692. The van der Waals surface area contributed by atoms with E-state index >= 15 is 0 Å². The maximum absolute atomic E-state index is 11.5. The van der Waals surface area contributed by atoms with E-state index in [0.717, 1.165) is 25.8 Å². The van der Waals surface area contributed by atoms with Crippen molar-refractivity contribution in [3.63, 3.8) is 0 Å². The topological polar surface area (TPSA) is 38.3 Å². The summed E-state index contributed by atoms with van der Waals surface area (Å²) in [6.07, 6.45) is 3.00. The summed E-state index contributed by atoms with van der Waals surface area (Å²) in [6.45, 7) is 3.74. The molecule has 2 atom stereocenters. The van der Waals surface area contributed by atoms with Crippen LogP contribution >= 0.6 is 0 Å². The maximum Gasteiger partial charge on any atom is 0.313 e. The second-order valence-electron chi connectivity index (χ2n) is 3.82. The average Bonchev–Trinajstić information content (AvgIpc) is 2.41. The van der Waals surface area contributed by atoms with Crippen molar-refractivity contribution in [2.24, 2.45) is 5.41 Å². The van der Waals surface area contributed by atoms with Crippen LogP contribution in [-0.2, 0) is 9.53 Å². The molecule has 68 valence electrons. The van der Waals surface area contributed by atoms with Crippen molar-refractivity contribution in [1.82, 2.24) is 5.32 Å². The normalized spacial score (nSPS) is 41.8. The molecule has 2 heterocycles. The van der Waals surface area contributed by atoms with Crippen LogP contribution in [0.3, 0.4) is 0 Å². The van der Waals surface area contributed by atoms with Gasteiger partial charge in [-0.3, -0.25) is 4.79 Å². The standard InChI is InChI=1S/C9H15NO2/c1-7-9(3-2-5-10-7)4-6-12-8(9)11/h7,10H,2-6H2,1H3/t7-,9-/m1/s1. The lowest BCUT2D eigenvalue weighted by molar-refractivity contribution is -0.148. The summed E-state index contributed by atoms with van der Waals surface area (Å²) in [4.78, 5) is 11.5. The van der Waals surface area contributed by atoms with Crippen molar-refractivity contribution in [3.8, 4) is 0 Å². The third kappa shape index (κ3) is 0.959. The van der Waals surface area contributed by atoms with E-state index in [2.05, 4.69) is 12.2 Å². The van der Waals surface area contributed by atoms with Crippen molar-refractivity contribution < 1.29 is 9.53 Å². The van der Waals surface area contributed by atoms with Gasteiger partial charge in [0, 0.05) is 6.04 Å². The van der Waals surface area contributed by atoms with E-state index in [1.54, 1.807) is 0 Å². The van der Waals surface area contributed by atoms with Crippen LogP contribution in [0.1, 0.15) is 26.2 Å². The van der Waals surface area contributed by atoms with Gasteiger partial charge in [-0.15, -0.1) is 0 Å². The number of carbonyl (C=O) groups is 1. The van der Waals surface area contributed by atoms with Crippen LogP contribution in [0.25, 0.3) is 0 Å². The lowest BCUT2D eigenvalue weighted by atomic mass is 9.74. The molecular formula is C9H15NO2. The van der Waals surface area contributed by atoms with E-state index in [1.807, 2.05) is 0 Å². The average molecular weight is 169 g/mol. The number of hydrogen-bond donors (Lipinski definition) is 1. The summed E-state index contributed by atoms with van der Waals surface area (Å²) in [5.41, 5.74) is -0.182. The molecule has 12 heavy (non-hydrogen) atoms. The first-order chi connectivity index (χ1) is 5.76. The van der Waals surface area contributed by atoms with Crippen molar-refractivity contribution in [3.05, 3.63) is 0 Å². The summed E-state index contributed by atoms with van der Waals surface area (Å²) >= 11 is 0. The molecule has 0 bridgehead atoms. The van der Waals surface area contributed by atoms with E-state index in [1.165, 1.54) is 0 Å². The van der Waals surface area contributed by atoms with E-state index < -0.39 is 0 Å². The van der Waals surface area contributed by atoms with Crippen LogP contribution in [-0.4, -0.2) is 25.2 Å². The molecule has 1 N–H and O–H groups in total. The Labute approximate surface area is 72.5 Å². The molecule has 0 aromatic rings. The van der Waals surface area contributed by atoms with E-state index in [4.69, 9.17) is 4.74 Å². The Morgan fingerprint density at radius 3 is 3.00 bits per heavy atom. The first-order valence-electron chi connectivity index (χ1n) is 4.66. The number of ether oxygens (including phenoxy) is 1. The monoisotopic (exact) mass is 169 g/mol. The summed E-state index contributed by atoms with van der Waals surface area (Å²) in [7, 11) is 0. The van der Waals surface area contributed by atoms with Crippen molar-refractivity contribution in [2.45, 2.75) is 32.2 Å². The summed E-state index contributed by atoms with van der Waals surface area (Å²) in [5, 5.41) is 3.34. The third-order valence-corrected chi connectivity index (χ3v) is 3.27. The minimum Gasteiger partial charge on any atom is -0.465 e. The molecule has 0 aromatic heterocycles. The molecule has 0 unspecified atom stereocenters. The summed E-state index contributed by atoms with van der Waals surface area (Å²) in [6, 6.07) is 0.293. The molecule has 0 aliphatic carbocycles. The van der Waals surface area contributed by atoms with E-state index in [-0.39, 0.29) is 11.4 Å². The van der Waals surface area contributed by atoms with Crippen LogP contribution in [0, 0.1) is 5.41 Å². The zero-order valence-corrected chi connectivity index (χ0v) is 7.43. The zero-order chi connectivity index (χ0) is 8.60. The minimum atomic E-state index is -0.182. The smallest absolute Gasteiger partial charge is 0.313 e. The molecule has 2 saturated heterocycles. The first-order valence-corrected chi connectivity index (χ1v) is 4.66. The second-order valence-corrected chi connectivity index (χ2v) is 3.82. The first kappa shape index (κ1) is 8.05. The molecule has 0 amide bonds. The van der Waals surface area contributed by atoms with Crippen LogP contribution in [0.4, 0.5) is 0 Å². The fraction of sp³-hybridized carbons (Fsp3) is 0.889. The molecule has 0 radical (unpaired) electrons. The highest BCUT2D eigenvalue weighted by molar-refractivity contribution is 5.79. The molecule has 0 saturated carbocycles. The van der Waals surface area contributed by atoms with Crippen LogP contribution in [0.2, 0.25) is 0 Å². The third-order valence-electron chi connectivity index (χ3n) is 3.27. The number of esters is 1. The number of cyclic esters (lactones) is 1. The minimum absolute atomic E-state index is 0.0159. The molecule has 3 heteroatoms. The van der Waals surface area contributed by atoms with Gasteiger partial charge in [0.1, 0.15) is 0 Å². The molecule has 0 aromatic carbocycles. The molecular weight excluding hydrogens is 154 g/mol. The Bertz CT molecular complexity index is 205. The number of piperidine rings is 1. The van der Waals surface area contributed by atoms with Crippen LogP contribution in [0.5, 0.6) is 0 Å². The van der Waals surface area contributed by atoms with Gasteiger partial charge < -0.3 is 10.1 Å². The molecule has 1 spiro atoms. The Hall–Kier alpha value is -0.570. The van der Waals surface area contributed by atoms with Crippen molar-refractivity contribution in [2.75, 3.05) is 13.2 Å². The van der Waals surface area contributed by atoms with Crippen molar-refractivity contribution >= 4 is 5.97 Å². The highest BCUT2D eigenvalue weighted by atomic mass is 16.5. The van der Waals surface area contributed by atoms with Gasteiger partial charge in [-0.05, 0) is 32.7 Å². The van der Waals surface area contributed by atoms with Gasteiger partial charge in [0.2, 0.25) is 0 Å². The number of rotatable bonds is 0. The fourth-order valence-corrected chi connectivity index (χ4v) is 2.33. The number of hydrogen-bond acceptors (Lipinski definition) is 3. The van der Waals surface area contributed by atoms with Gasteiger partial charge in [-0.1, -0.05) is 0 Å². The van der Waals surface area contributed by atoms with Gasteiger partial charge in [0.15, 0.2) is 0 Å². The summed E-state index contributed by atoms with van der Waals surface area (Å²) < 4.78 is 5.04. The molecule has 2 aliphatic rings. The van der Waals surface area contributed by atoms with Gasteiger partial charge in [0.05, 0.1) is 12.0 Å². The largest absolute Gasteiger partial charge is 0.465 e. The molecule has 2 aliphatic heterocycles. The Balaban J connectivity index is 2.21. The highest BCUT2D eigenvalue weighted by Gasteiger charge is 2.49. The van der Waals surface area contributed by atoms with Crippen LogP contribution in [0.15, 0.2) is 0 Å². The Morgan fingerprint density at radius 1 is 1.58 bits per heavy atom. The Kier molecular flexibility index (Phi) is 1.83. The SMILES string of the molecule is C[C@H]1NCCC[C@@]12CCOC2=O. The van der Waals surface area contributed by atoms with Crippen LogP contribution < -0.4 is 5.32 Å². The molecule has 2 fully saturated rings. The maximum atomic E-state index is 11.5. The predicted molar refractivity (Wildman–Crippen MR) is 44.7 cm³/mol. The van der Waals surface area contributed by atoms with E-state index in [0.29, 0.717) is 12.6 Å². The number of nitrogens with one attached hydrogen (secondary N) is 1. The fourth-order valence-electron chi connectivity index (χ4n) is 2.33. The highest BCUT2D eigenvalue weighted by Crippen LogP contribution is 2.40. The van der Waals surface area contributed by atoms with Gasteiger partial charge in [0.25, 0.3) is 0 Å². The second kappa shape index (κ2) is 2.73. The van der Waals surface area contributed by atoms with Gasteiger partial charge in [-0.25, -0.2) is 0 Å². The quantitative estimate of drug-likeness (QED) is 0.542. The summed E-state index contributed by atoms with van der Waals surface area (Å²) in [5.74, 6) is 0.0159.